The molecule has 0 unspecified atom stereocenters. The summed E-state index contributed by atoms with van der Waals surface area (Å²) in [6.07, 6.45) is 10.9. The monoisotopic (exact) mass is 415 g/mol. The fourth-order valence-electron chi connectivity index (χ4n) is 3.61. The number of unbranched alkanes of at least 4 members (excludes halogenated alkanes) is 4. The molecule has 2 nitrogen and oxygen atoms in total. The molecule has 164 valence electrons. The number of ether oxygens (including phenoxy) is 1. The third-order valence-corrected chi connectivity index (χ3v) is 6.00. The minimum Gasteiger partial charge on any atom is -0.493 e. The quantitative estimate of drug-likeness (QED) is 0.277. The molecule has 3 rings (SSSR count). The minimum absolute atomic E-state index is 0.580. The first kappa shape index (κ1) is 23.1. The highest BCUT2D eigenvalue weighted by atomic mass is 16.5. The molecule has 2 heteroatoms. The summed E-state index contributed by atoms with van der Waals surface area (Å²) in [7, 11) is 0. The predicted molar refractivity (Wildman–Crippen MR) is 133 cm³/mol. The van der Waals surface area contributed by atoms with E-state index in [4.69, 9.17) is 9.72 Å². The molecule has 0 spiro atoms. The average molecular weight is 416 g/mol. The maximum atomic E-state index is 5.86. The van der Waals surface area contributed by atoms with Gasteiger partial charge in [0.1, 0.15) is 5.75 Å². The third-order valence-electron chi connectivity index (χ3n) is 6.00. The molecule has 3 aromatic rings. The third kappa shape index (κ3) is 7.24. The molecular weight excluding hydrogens is 378 g/mol. The van der Waals surface area contributed by atoms with E-state index in [0.29, 0.717) is 5.92 Å². The van der Waals surface area contributed by atoms with Crippen LogP contribution in [0.1, 0.15) is 64.9 Å². The molecule has 0 aliphatic heterocycles. The molecule has 0 saturated carbocycles. The van der Waals surface area contributed by atoms with Gasteiger partial charge in [-0.05, 0) is 48.1 Å². The second-order valence-electron chi connectivity index (χ2n) is 8.64. The molecule has 1 atom stereocenters. The molecule has 2 aromatic carbocycles. The van der Waals surface area contributed by atoms with Crippen molar-refractivity contribution in [2.24, 2.45) is 5.92 Å². The van der Waals surface area contributed by atoms with Crippen molar-refractivity contribution in [2.45, 2.75) is 65.7 Å². The van der Waals surface area contributed by atoms with Crippen molar-refractivity contribution in [3.63, 3.8) is 0 Å². The van der Waals surface area contributed by atoms with Crippen molar-refractivity contribution in [3.8, 4) is 28.1 Å². The van der Waals surface area contributed by atoms with E-state index in [1.54, 1.807) is 0 Å². The lowest BCUT2D eigenvalue weighted by Crippen LogP contribution is -2.06. The van der Waals surface area contributed by atoms with Crippen LogP contribution in [0, 0.1) is 5.92 Å². The van der Waals surface area contributed by atoms with Gasteiger partial charge >= 0.3 is 0 Å². The Balaban J connectivity index is 1.56. The van der Waals surface area contributed by atoms with E-state index < -0.39 is 0 Å². The highest BCUT2D eigenvalue weighted by Crippen LogP contribution is 2.25. The Hall–Kier alpha value is -2.61. The number of hydrogen-bond acceptors (Lipinski definition) is 2. The van der Waals surface area contributed by atoms with Crippen LogP contribution in [0.2, 0.25) is 0 Å². The van der Waals surface area contributed by atoms with Gasteiger partial charge < -0.3 is 4.74 Å². The van der Waals surface area contributed by atoms with Gasteiger partial charge in [-0.2, -0.15) is 0 Å². The first-order chi connectivity index (χ1) is 15.2. The van der Waals surface area contributed by atoms with Gasteiger partial charge in [-0.15, -0.1) is 0 Å². The minimum atomic E-state index is 0.580. The summed E-state index contributed by atoms with van der Waals surface area (Å²) < 4.78 is 5.86. The number of benzene rings is 2. The number of aryl methyl sites for hydroxylation is 1. The van der Waals surface area contributed by atoms with E-state index in [9.17, 15) is 0 Å². The lowest BCUT2D eigenvalue weighted by atomic mass is 10.0. The summed E-state index contributed by atoms with van der Waals surface area (Å²) >= 11 is 0. The van der Waals surface area contributed by atoms with Crippen molar-refractivity contribution < 1.29 is 4.74 Å². The van der Waals surface area contributed by atoms with Gasteiger partial charge in [-0.3, -0.25) is 4.98 Å². The van der Waals surface area contributed by atoms with Gasteiger partial charge in [0.05, 0.1) is 12.3 Å². The molecule has 0 N–H and O–H groups in total. The van der Waals surface area contributed by atoms with Crippen molar-refractivity contribution in [2.75, 3.05) is 6.61 Å². The SMILES string of the molecule is CCCCCCCc1ccc(-c2ccc(-c3ccc(OC[C@@H](C)CC)cc3)cn2)cc1. The van der Waals surface area contributed by atoms with Crippen molar-refractivity contribution in [1.82, 2.24) is 4.98 Å². The first-order valence-corrected chi connectivity index (χ1v) is 12.0. The van der Waals surface area contributed by atoms with Crippen LogP contribution >= 0.6 is 0 Å². The molecule has 1 heterocycles. The normalized spacial score (nSPS) is 12.0. The maximum absolute atomic E-state index is 5.86. The Bertz CT molecular complexity index is 882. The zero-order valence-corrected chi connectivity index (χ0v) is 19.4. The Kier molecular flexibility index (Phi) is 9.15. The average Bonchev–Trinajstić information content (AvgIpc) is 2.83. The van der Waals surface area contributed by atoms with Gasteiger partial charge in [0, 0.05) is 17.3 Å². The molecule has 1 aromatic heterocycles. The van der Waals surface area contributed by atoms with E-state index in [-0.39, 0.29) is 0 Å². The van der Waals surface area contributed by atoms with Gasteiger partial charge in [0.2, 0.25) is 0 Å². The number of pyridine rings is 1. The first-order valence-electron chi connectivity index (χ1n) is 12.0. The van der Waals surface area contributed by atoms with Crippen molar-refractivity contribution in [1.29, 1.82) is 0 Å². The lowest BCUT2D eigenvalue weighted by Gasteiger charge is -2.11. The Morgan fingerprint density at radius 3 is 2.06 bits per heavy atom. The number of aromatic nitrogens is 1. The van der Waals surface area contributed by atoms with Crippen LogP contribution < -0.4 is 4.74 Å². The van der Waals surface area contributed by atoms with E-state index >= 15 is 0 Å². The summed E-state index contributed by atoms with van der Waals surface area (Å²) in [5.74, 6) is 1.51. The van der Waals surface area contributed by atoms with Gasteiger partial charge in [0.15, 0.2) is 0 Å². The fraction of sp³-hybridized carbons (Fsp3) is 0.414. The van der Waals surface area contributed by atoms with Crippen LogP contribution in [-0.2, 0) is 6.42 Å². The van der Waals surface area contributed by atoms with Crippen molar-refractivity contribution in [3.05, 3.63) is 72.4 Å². The Morgan fingerprint density at radius 1 is 0.742 bits per heavy atom. The van der Waals surface area contributed by atoms with Crippen molar-refractivity contribution >= 4 is 0 Å². The number of rotatable bonds is 12. The molecule has 0 saturated heterocycles. The van der Waals surface area contributed by atoms with Crippen LogP contribution in [0.4, 0.5) is 0 Å². The molecule has 31 heavy (non-hydrogen) atoms. The van der Waals surface area contributed by atoms with Gasteiger partial charge in [-0.1, -0.05) is 95.3 Å². The Morgan fingerprint density at radius 2 is 1.42 bits per heavy atom. The zero-order valence-electron chi connectivity index (χ0n) is 19.4. The van der Waals surface area contributed by atoms with Crippen LogP contribution in [-0.4, -0.2) is 11.6 Å². The predicted octanol–water partition coefficient (Wildman–Crippen LogP) is 8.35. The molecule has 0 aliphatic rings. The second-order valence-corrected chi connectivity index (χ2v) is 8.64. The molecule has 0 radical (unpaired) electrons. The zero-order chi connectivity index (χ0) is 21.9. The molecule has 0 fully saturated rings. The van der Waals surface area contributed by atoms with Crippen LogP contribution in [0.5, 0.6) is 5.75 Å². The number of hydrogen-bond donors (Lipinski definition) is 0. The highest BCUT2D eigenvalue weighted by molar-refractivity contribution is 5.67. The van der Waals surface area contributed by atoms with Gasteiger partial charge in [0.25, 0.3) is 0 Å². The Labute approximate surface area is 188 Å². The van der Waals surface area contributed by atoms with E-state index in [0.717, 1.165) is 35.6 Å². The smallest absolute Gasteiger partial charge is 0.119 e. The van der Waals surface area contributed by atoms with Crippen LogP contribution in [0.3, 0.4) is 0 Å². The maximum Gasteiger partial charge on any atom is 0.119 e. The standard InChI is InChI=1S/C29H37NO/c1-4-6-7-8-9-10-24-11-13-26(14-12-24)29-20-17-27(21-30-29)25-15-18-28(19-16-25)31-22-23(3)5-2/h11-21,23H,4-10,22H2,1-3H3/t23-/m0/s1. The fourth-order valence-corrected chi connectivity index (χ4v) is 3.61. The summed E-state index contributed by atoms with van der Waals surface area (Å²) in [6, 6.07) is 21.5. The van der Waals surface area contributed by atoms with E-state index in [1.165, 1.54) is 49.7 Å². The van der Waals surface area contributed by atoms with E-state index in [2.05, 4.69) is 69.3 Å². The summed E-state index contributed by atoms with van der Waals surface area (Å²) in [5.41, 5.74) is 5.91. The molecular formula is C29H37NO. The largest absolute Gasteiger partial charge is 0.493 e. The highest BCUT2D eigenvalue weighted by Gasteiger charge is 2.04. The molecule has 0 bridgehead atoms. The summed E-state index contributed by atoms with van der Waals surface area (Å²) in [4.78, 5) is 4.71. The molecule has 0 aliphatic carbocycles. The van der Waals surface area contributed by atoms with Gasteiger partial charge in [-0.25, -0.2) is 0 Å². The summed E-state index contributed by atoms with van der Waals surface area (Å²) in [5, 5.41) is 0. The molecule has 0 amide bonds. The summed E-state index contributed by atoms with van der Waals surface area (Å²) in [6.45, 7) is 7.44. The number of nitrogens with zero attached hydrogens (tertiary/aromatic N) is 1. The van der Waals surface area contributed by atoms with Crippen LogP contribution in [0.15, 0.2) is 66.9 Å². The topological polar surface area (TPSA) is 22.1 Å². The second kappa shape index (κ2) is 12.3. The van der Waals surface area contributed by atoms with E-state index in [1.807, 2.05) is 18.3 Å². The van der Waals surface area contributed by atoms with Crippen LogP contribution in [0.25, 0.3) is 22.4 Å². The lowest BCUT2D eigenvalue weighted by molar-refractivity contribution is 0.256.